The summed E-state index contributed by atoms with van der Waals surface area (Å²) >= 11 is 6.49. The Hall–Kier alpha value is -3.30. The number of carboxylic acid groups (broad SMARTS) is 1. The number of carbonyl (C=O) groups is 3. The number of carbonyl (C=O) groups excluding carboxylic acids is 2. The Kier molecular flexibility index (Phi) is 9.49. The number of piperidine rings is 1. The number of fused-ring (bicyclic) bond motifs is 1. The normalized spacial score (nSPS) is 19.9. The lowest BCUT2D eigenvalue weighted by molar-refractivity contribution is -0.144. The van der Waals surface area contributed by atoms with Gasteiger partial charge >= 0.3 is 5.97 Å². The van der Waals surface area contributed by atoms with Crippen LogP contribution in [0.5, 0.6) is 11.5 Å². The fraction of sp³-hybridized carbons (Fsp3) is 0.516. The molecule has 9 nitrogen and oxygen atoms in total. The van der Waals surface area contributed by atoms with Crippen LogP contribution >= 0.6 is 11.6 Å². The number of rotatable bonds is 8. The number of methoxy groups -OCH3 is 2. The predicted molar refractivity (Wildman–Crippen MR) is 156 cm³/mol. The first-order valence-electron chi connectivity index (χ1n) is 13.9. The molecule has 0 spiro atoms. The van der Waals surface area contributed by atoms with Gasteiger partial charge in [0.15, 0.2) is 11.5 Å². The summed E-state index contributed by atoms with van der Waals surface area (Å²) in [5.74, 6) is -0.317. The SMILES string of the molecule is COc1cccc([C@H]2O[C@H](CC(=O)N3CCC(CC(=O)O)CC3)C(=O)N(CC(C)(C)C)c3ccc(Cl)cc32)c1OC. The summed E-state index contributed by atoms with van der Waals surface area (Å²) in [4.78, 5) is 42.3. The second-order valence-corrected chi connectivity index (χ2v) is 12.3. The van der Waals surface area contributed by atoms with E-state index in [1.807, 2.05) is 39.0 Å². The monoisotopic (exact) mass is 586 g/mol. The zero-order valence-electron chi connectivity index (χ0n) is 24.3. The molecule has 4 rings (SSSR count). The summed E-state index contributed by atoms with van der Waals surface area (Å²) in [6.07, 6.45) is -0.676. The van der Waals surface area contributed by atoms with Gasteiger partial charge < -0.3 is 29.1 Å². The third-order valence-electron chi connectivity index (χ3n) is 7.54. The molecule has 0 aliphatic carbocycles. The number of aliphatic carboxylic acids is 1. The van der Waals surface area contributed by atoms with Crippen LogP contribution in [0.3, 0.4) is 0 Å². The van der Waals surface area contributed by atoms with E-state index in [0.717, 1.165) is 0 Å². The van der Waals surface area contributed by atoms with Crippen molar-refractivity contribution < 1.29 is 33.7 Å². The molecule has 1 fully saturated rings. The number of benzene rings is 2. The number of carboxylic acids is 1. The summed E-state index contributed by atoms with van der Waals surface area (Å²) < 4.78 is 17.9. The summed E-state index contributed by atoms with van der Waals surface area (Å²) in [5.41, 5.74) is 1.74. The summed E-state index contributed by atoms with van der Waals surface area (Å²) in [6.45, 7) is 7.44. The van der Waals surface area contributed by atoms with Gasteiger partial charge in [0, 0.05) is 47.9 Å². The Morgan fingerprint density at radius 2 is 1.76 bits per heavy atom. The number of anilines is 1. The van der Waals surface area contributed by atoms with E-state index in [2.05, 4.69) is 0 Å². The number of nitrogens with zero attached hydrogens (tertiary/aromatic N) is 2. The van der Waals surface area contributed by atoms with Crippen LogP contribution < -0.4 is 14.4 Å². The van der Waals surface area contributed by atoms with E-state index in [1.165, 1.54) is 0 Å². The van der Waals surface area contributed by atoms with Crippen LogP contribution in [-0.2, 0) is 19.1 Å². The molecule has 1 N–H and O–H groups in total. The Bertz CT molecular complexity index is 1280. The molecule has 0 saturated carbocycles. The number of ether oxygens (including phenoxy) is 3. The number of halogens is 1. The molecule has 0 aromatic heterocycles. The molecule has 2 aromatic carbocycles. The van der Waals surface area contributed by atoms with Crippen molar-refractivity contribution in [3.63, 3.8) is 0 Å². The van der Waals surface area contributed by atoms with Gasteiger partial charge in [0.05, 0.1) is 20.6 Å². The van der Waals surface area contributed by atoms with Gasteiger partial charge in [-0.25, -0.2) is 0 Å². The highest BCUT2D eigenvalue weighted by molar-refractivity contribution is 6.30. The molecule has 0 radical (unpaired) electrons. The van der Waals surface area contributed by atoms with Crippen LogP contribution in [0.2, 0.25) is 5.02 Å². The zero-order chi connectivity index (χ0) is 29.9. The van der Waals surface area contributed by atoms with Crippen molar-refractivity contribution in [1.29, 1.82) is 0 Å². The quantitative estimate of drug-likeness (QED) is 0.446. The third kappa shape index (κ3) is 7.13. The number of para-hydroxylation sites is 1. The first-order chi connectivity index (χ1) is 19.4. The van der Waals surface area contributed by atoms with Crippen LogP contribution in [0, 0.1) is 11.3 Å². The molecule has 0 bridgehead atoms. The van der Waals surface area contributed by atoms with Gasteiger partial charge in [-0.3, -0.25) is 14.4 Å². The maximum Gasteiger partial charge on any atom is 0.303 e. The van der Waals surface area contributed by atoms with Gasteiger partial charge in [-0.05, 0) is 48.4 Å². The lowest BCUT2D eigenvalue weighted by Crippen LogP contribution is -2.46. The van der Waals surface area contributed by atoms with Crippen molar-refractivity contribution in [2.45, 2.75) is 58.7 Å². The van der Waals surface area contributed by atoms with E-state index >= 15 is 0 Å². The van der Waals surface area contributed by atoms with Gasteiger partial charge in [0.1, 0.15) is 12.2 Å². The van der Waals surface area contributed by atoms with Crippen molar-refractivity contribution in [3.8, 4) is 11.5 Å². The number of likely N-dealkylation sites (tertiary alicyclic amines) is 1. The van der Waals surface area contributed by atoms with Gasteiger partial charge in [0.2, 0.25) is 5.91 Å². The van der Waals surface area contributed by atoms with E-state index in [4.69, 9.17) is 30.9 Å². The third-order valence-corrected chi connectivity index (χ3v) is 7.78. The Balaban J connectivity index is 1.73. The van der Waals surface area contributed by atoms with E-state index in [-0.39, 0.29) is 36.0 Å². The molecule has 222 valence electrons. The molecule has 2 heterocycles. The predicted octanol–water partition coefficient (Wildman–Crippen LogP) is 5.33. The molecule has 2 aliphatic rings. The van der Waals surface area contributed by atoms with Crippen LogP contribution in [0.4, 0.5) is 5.69 Å². The van der Waals surface area contributed by atoms with Crippen molar-refractivity contribution in [3.05, 3.63) is 52.5 Å². The molecule has 0 unspecified atom stereocenters. The number of hydrogen-bond donors (Lipinski definition) is 1. The van der Waals surface area contributed by atoms with Crippen LogP contribution in [-0.4, -0.2) is 67.7 Å². The fourth-order valence-electron chi connectivity index (χ4n) is 5.62. The first kappa shape index (κ1) is 30.7. The standard InChI is InChI=1S/C31H39ClN2O7/c1-31(2,3)18-34-23-10-9-20(32)16-22(23)28(21-7-6-8-24(39-4)29(21)40-5)41-25(30(34)38)17-26(35)33-13-11-19(12-14-33)15-27(36)37/h6-10,16,19,25,28H,11-15,17-18H2,1-5H3,(H,36,37)/t25-,28-/m1/s1. The summed E-state index contributed by atoms with van der Waals surface area (Å²) in [5, 5.41) is 9.62. The van der Waals surface area contributed by atoms with E-state index in [0.29, 0.717) is 65.8 Å². The highest BCUT2D eigenvalue weighted by Crippen LogP contribution is 2.45. The molecule has 2 amide bonds. The van der Waals surface area contributed by atoms with Crippen LogP contribution in [0.15, 0.2) is 36.4 Å². The van der Waals surface area contributed by atoms with Crippen LogP contribution in [0.1, 0.15) is 63.7 Å². The molecule has 10 heteroatoms. The minimum Gasteiger partial charge on any atom is -0.493 e. The maximum absolute atomic E-state index is 14.2. The minimum absolute atomic E-state index is 0.0405. The molecule has 2 aliphatic heterocycles. The maximum atomic E-state index is 14.2. The lowest BCUT2D eigenvalue weighted by atomic mass is 9.93. The largest absolute Gasteiger partial charge is 0.493 e. The van der Waals surface area contributed by atoms with Crippen LogP contribution in [0.25, 0.3) is 0 Å². The highest BCUT2D eigenvalue weighted by Gasteiger charge is 2.41. The lowest BCUT2D eigenvalue weighted by Gasteiger charge is -2.33. The molecular weight excluding hydrogens is 548 g/mol. The Morgan fingerprint density at radius 1 is 1.05 bits per heavy atom. The van der Waals surface area contributed by atoms with E-state index in [9.17, 15) is 14.4 Å². The highest BCUT2D eigenvalue weighted by atomic mass is 35.5. The second kappa shape index (κ2) is 12.7. The van der Waals surface area contributed by atoms with Crippen molar-refractivity contribution in [2.75, 3.05) is 38.8 Å². The van der Waals surface area contributed by atoms with Crippen molar-refractivity contribution in [1.82, 2.24) is 4.90 Å². The number of amides is 2. The molecular formula is C31H39ClN2O7. The van der Waals surface area contributed by atoms with Crippen molar-refractivity contribution >= 4 is 35.1 Å². The topological polar surface area (TPSA) is 106 Å². The summed E-state index contributed by atoms with van der Waals surface area (Å²) in [6, 6.07) is 10.8. The molecule has 1 saturated heterocycles. The summed E-state index contributed by atoms with van der Waals surface area (Å²) in [7, 11) is 3.10. The van der Waals surface area contributed by atoms with Gasteiger partial charge in [-0.2, -0.15) is 0 Å². The Morgan fingerprint density at radius 3 is 2.37 bits per heavy atom. The molecule has 41 heavy (non-hydrogen) atoms. The molecule has 2 aromatic rings. The Labute approximate surface area is 246 Å². The number of hydrogen-bond acceptors (Lipinski definition) is 6. The second-order valence-electron chi connectivity index (χ2n) is 11.9. The van der Waals surface area contributed by atoms with Gasteiger partial charge in [-0.1, -0.05) is 44.5 Å². The van der Waals surface area contributed by atoms with E-state index in [1.54, 1.807) is 42.2 Å². The smallest absolute Gasteiger partial charge is 0.303 e. The van der Waals surface area contributed by atoms with Gasteiger partial charge in [0.25, 0.3) is 5.91 Å². The fourth-order valence-corrected chi connectivity index (χ4v) is 5.80. The van der Waals surface area contributed by atoms with Crippen molar-refractivity contribution in [2.24, 2.45) is 11.3 Å². The minimum atomic E-state index is -1.08. The average Bonchev–Trinajstić information content (AvgIpc) is 3.02. The van der Waals surface area contributed by atoms with Gasteiger partial charge in [-0.15, -0.1) is 0 Å². The average molecular weight is 587 g/mol. The molecule has 2 atom stereocenters. The van der Waals surface area contributed by atoms with E-state index < -0.39 is 18.2 Å². The first-order valence-corrected chi connectivity index (χ1v) is 14.3. The zero-order valence-corrected chi connectivity index (χ0v) is 25.1.